The molecule has 0 aliphatic rings. The Morgan fingerprint density at radius 2 is 1.65 bits per heavy atom. The van der Waals surface area contributed by atoms with Gasteiger partial charge in [-0.1, -0.05) is 36.4 Å². The molecule has 5 heteroatoms. The fraction of sp³-hybridized carbons (Fsp3) is 0.0952. The largest absolute Gasteiger partial charge is 0.489 e. The number of carbonyl (C=O) groups is 1. The summed E-state index contributed by atoms with van der Waals surface area (Å²) in [6, 6.07) is 23.2. The van der Waals surface area contributed by atoms with Crippen LogP contribution in [-0.4, -0.2) is 12.1 Å². The summed E-state index contributed by atoms with van der Waals surface area (Å²) in [7, 11) is 0. The van der Waals surface area contributed by atoms with Crippen molar-refractivity contribution in [1.82, 2.24) is 5.43 Å². The van der Waals surface area contributed by atoms with Crippen molar-refractivity contribution < 1.29 is 14.1 Å². The van der Waals surface area contributed by atoms with Crippen LogP contribution in [0.2, 0.25) is 0 Å². The summed E-state index contributed by atoms with van der Waals surface area (Å²) in [6.07, 6.45) is 5.27. The van der Waals surface area contributed by atoms with Crippen LogP contribution in [0.25, 0.3) is 0 Å². The van der Waals surface area contributed by atoms with Crippen molar-refractivity contribution in [3.63, 3.8) is 0 Å². The van der Waals surface area contributed by atoms with Crippen molar-refractivity contribution in [1.29, 1.82) is 0 Å². The van der Waals surface area contributed by atoms with Crippen LogP contribution < -0.4 is 14.7 Å². The van der Waals surface area contributed by atoms with Crippen LogP contribution in [0.3, 0.4) is 0 Å². The maximum Gasteiger partial charge on any atom is 0.305 e. The number of hydrogen-bond acceptors (Lipinski definition) is 3. The Labute approximate surface area is 152 Å². The van der Waals surface area contributed by atoms with E-state index in [1.54, 1.807) is 10.8 Å². The minimum Gasteiger partial charge on any atom is -0.489 e. The van der Waals surface area contributed by atoms with Crippen LogP contribution in [-0.2, 0) is 17.9 Å². The third-order valence-electron chi connectivity index (χ3n) is 3.63. The number of amides is 1. The lowest BCUT2D eigenvalue weighted by Crippen LogP contribution is -2.40. The van der Waals surface area contributed by atoms with Gasteiger partial charge in [-0.2, -0.15) is 9.67 Å². The van der Waals surface area contributed by atoms with E-state index in [1.165, 1.54) is 0 Å². The standard InChI is InChI=1S/C21H19N3O2/c25-21(16-24-13-5-2-6-14-24)23-22-15-18-9-11-20(12-10-18)26-17-19-7-3-1-4-8-19/h1-15H,16-17H2/p+1/b22-15+. The van der Waals surface area contributed by atoms with Crippen LogP contribution in [0.15, 0.2) is 90.3 Å². The average molecular weight is 346 g/mol. The molecular weight excluding hydrogens is 326 g/mol. The molecule has 3 rings (SSSR count). The first-order chi connectivity index (χ1) is 12.8. The number of hydrazone groups is 1. The van der Waals surface area contributed by atoms with E-state index in [0.29, 0.717) is 6.61 Å². The number of carbonyl (C=O) groups excluding carboxylic acids is 1. The second kappa shape index (κ2) is 9.13. The molecule has 0 bridgehead atoms. The van der Waals surface area contributed by atoms with Crippen LogP contribution in [0.5, 0.6) is 5.75 Å². The Balaban J connectivity index is 1.46. The van der Waals surface area contributed by atoms with Crippen molar-refractivity contribution in [2.45, 2.75) is 13.2 Å². The third-order valence-corrected chi connectivity index (χ3v) is 3.63. The summed E-state index contributed by atoms with van der Waals surface area (Å²) >= 11 is 0. The Morgan fingerprint density at radius 3 is 2.38 bits per heavy atom. The Hall–Kier alpha value is -3.47. The molecule has 0 spiro atoms. The lowest BCUT2D eigenvalue weighted by molar-refractivity contribution is -0.684. The summed E-state index contributed by atoms with van der Waals surface area (Å²) in [5, 5.41) is 3.98. The highest BCUT2D eigenvalue weighted by molar-refractivity contribution is 5.82. The minimum atomic E-state index is -0.180. The number of aromatic nitrogens is 1. The number of hydrogen-bond donors (Lipinski definition) is 1. The summed E-state index contributed by atoms with van der Waals surface area (Å²) in [5.74, 6) is 0.607. The van der Waals surface area contributed by atoms with E-state index in [2.05, 4.69) is 10.5 Å². The van der Waals surface area contributed by atoms with Gasteiger partial charge < -0.3 is 4.74 Å². The van der Waals surface area contributed by atoms with Gasteiger partial charge in [0.2, 0.25) is 6.54 Å². The van der Waals surface area contributed by atoms with Crippen molar-refractivity contribution in [3.05, 3.63) is 96.3 Å². The normalized spacial score (nSPS) is 10.6. The first kappa shape index (κ1) is 17.4. The lowest BCUT2D eigenvalue weighted by atomic mass is 10.2. The highest BCUT2D eigenvalue weighted by Crippen LogP contribution is 2.13. The predicted molar refractivity (Wildman–Crippen MR) is 99.6 cm³/mol. The Bertz CT molecular complexity index is 847. The van der Waals surface area contributed by atoms with E-state index in [-0.39, 0.29) is 12.5 Å². The number of ether oxygens (including phenoxy) is 1. The van der Waals surface area contributed by atoms with Gasteiger partial charge in [0.05, 0.1) is 6.21 Å². The van der Waals surface area contributed by atoms with Gasteiger partial charge in [0, 0.05) is 12.1 Å². The molecule has 0 fully saturated rings. The molecule has 1 heterocycles. The smallest absolute Gasteiger partial charge is 0.305 e. The molecular formula is C21H20N3O2+. The zero-order valence-corrected chi connectivity index (χ0v) is 14.3. The molecule has 5 nitrogen and oxygen atoms in total. The monoisotopic (exact) mass is 346 g/mol. The molecule has 0 aliphatic carbocycles. The number of rotatable bonds is 7. The predicted octanol–water partition coefficient (Wildman–Crippen LogP) is 2.70. The van der Waals surface area contributed by atoms with Crippen molar-refractivity contribution in [3.8, 4) is 5.75 Å². The highest BCUT2D eigenvalue weighted by Gasteiger charge is 2.06. The third kappa shape index (κ3) is 5.56. The lowest BCUT2D eigenvalue weighted by Gasteiger charge is -2.06. The topological polar surface area (TPSA) is 54.6 Å². The number of nitrogens with one attached hydrogen (secondary N) is 1. The minimum absolute atomic E-state index is 0.180. The first-order valence-electron chi connectivity index (χ1n) is 8.32. The van der Waals surface area contributed by atoms with E-state index in [1.807, 2.05) is 85.2 Å². The van der Waals surface area contributed by atoms with Crippen LogP contribution in [0.1, 0.15) is 11.1 Å². The molecule has 0 saturated carbocycles. The molecule has 0 radical (unpaired) electrons. The zero-order valence-electron chi connectivity index (χ0n) is 14.3. The van der Waals surface area contributed by atoms with Crippen molar-refractivity contribution in [2.24, 2.45) is 5.10 Å². The molecule has 26 heavy (non-hydrogen) atoms. The van der Waals surface area contributed by atoms with Crippen molar-refractivity contribution >= 4 is 12.1 Å². The molecule has 0 atom stereocenters. The SMILES string of the molecule is O=C(C[n+]1ccccc1)N/N=C/c1ccc(OCc2ccccc2)cc1. The van der Waals surface area contributed by atoms with Gasteiger partial charge in [-0.15, -0.1) is 0 Å². The summed E-state index contributed by atoms with van der Waals surface area (Å²) < 4.78 is 7.52. The van der Waals surface area contributed by atoms with E-state index < -0.39 is 0 Å². The van der Waals surface area contributed by atoms with E-state index in [4.69, 9.17) is 4.74 Å². The summed E-state index contributed by atoms with van der Waals surface area (Å²) in [6.45, 7) is 0.756. The van der Waals surface area contributed by atoms with E-state index in [0.717, 1.165) is 16.9 Å². The van der Waals surface area contributed by atoms with Gasteiger partial charge in [-0.05, 0) is 35.4 Å². The molecule has 1 N–H and O–H groups in total. The molecule has 2 aromatic carbocycles. The van der Waals surface area contributed by atoms with Gasteiger partial charge in [0.25, 0.3) is 0 Å². The fourth-order valence-corrected chi connectivity index (χ4v) is 2.31. The number of nitrogens with zero attached hydrogens (tertiary/aromatic N) is 2. The highest BCUT2D eigenvalue weighted by atomic mass is 16.5. The summed E-state index contributed by atoms with van der Waals surface area (Å²) in [4.78, 5) is 11.8. The zero-order chi connectivity index (χ0) is 18.0. The van der Waals surface area contributed by atoms with Gasteiger partial charge in [-0.25, -0.2) is 5.43 Å². The summed E-state index contributed by atoms with van der Waals surface area (Å²) in [5.41, 5.74) is 4.52. The number of benzene rings is 2. The molecule has 0 saturated heterocycles. The second-order valence-electron chi connectivity index (χ2n) is 5.68. The molecule has 0 aliphatic heterocycles. The molecule has 3 aromatic rings. The first-order valence-corrected chi connectivity index (χ1v) is 8.32. The van der Waals surface area contributed by atoms with E-state index >= 15 is 0 Å². The van der Waals surface area contributed by atoms with Gasteiger partial charge in [0.1, 0.15) is 12.4 Å². The quantitative estimate of drug-likeness (QED) is 0.406. The van der Waals surface area contributed by atoms with Gasteiger partial charge in [0.15, 0.2) is 12.4 Å². The Morgan fingerprint density at radius 1 is 0.962 bits per heavy atom. The van der Waals surface area contributed by atoms with Crippen LogP contribution >= 0.6 is 0 Å². The average Bonchev–Trinajstić information content (AvgIpc) is 2.69. The second-order valence-corrected chi connectivity index (χ2v) is 5.68. The van der Waals surface area contributed by atoms with Gasteiger partial charge in [-0.3, -0.25) is 4.79 Å². The molecule has 1 aromatic heterocycles. The Kier molecular flexibility index (Phi) is 6.09. The molecule has 130 valence electrons. The van der Waals surface area contributed by atoms with Crippen LogP contribution in [0.4, 0.5) is 0 Å². The maximum absolute atomic E-state index is 11.8. The number of pyridine rings is 1. The maximum atomic E-state index is 11.8. The fourth-order valence-electron chi connectivity index (χ4n) is 2.31. The molecule has 0 unspecified atom stereocenters. The van der Waals surface area contributed by atoms with Crippen LogP contribution in [0, 0.1) is 0 Å². The van der Waals surface area contributed by atoms with Gasteiger partial charge >= 0.3 is 5.91 Å². The van der Waals surface area contributed by atoms with E-state index in [9.17, 15) is 4.79 Å². The molecule has 1 amide bonds. The van der Waals surface area contributed by atoms with Crippen molar-refractivity contribution in [2.75, 3.05) is 0 Å².